The molecule has 2 N–H and O–H groups in total. The van der Waals surface area contributed by atoms with Crippen molar-refractivity contribution in [1.29, 1.82) is 0 Å². The van der Waals surface area contributed by atoms with Gasteiger partial charge in [-0.3, -0.25) is 0 Å². The summed E-state index contributed by atoms with van der Waals surface area (Å²) in [7, 11) is 1.69. The van der Waals surface area contributed by atoms with E-state index in [1.165, 1.54) is 18.6 Å². The predicted molar refractivity (Wildman–Crippen MR) is 114 cm³/mol. The van der Waals surface area contributed by atoms with Crippen LogP contribution in [0, 0.1) is 0 Å². The van der Waals surface area contributed by atoms with E-state index in [1.807, 2.05) is 12.1 Å². The quantitative estimate of drug-likeness (QED) is 0.342. The molecule has 1 aliphatic heterocycles. The van der Waals surface area contributed by atoms with Gasteiger partial charge in [-0.1, -0.05) is 15.9 Å². The Kier molecular flexibility index (Phi) is 10.4. The Hall–Kier alpha value is -0.150. The average Bonchev–Trinajstić information content (AvgIpc) is 3.03. The molecule has 2 rings (SSSR count). The van der Waals surface area contributed by atoms with Gasteiger partial charge in [-0.05, 0) is 43.7 Å². The smallest absolute Gasteiger partial charge is 0.191 e. The number of rotatable bonds is 6. The number of methoxy groups -OCH3 is 1. The molecule has 1 fully saturated rings. The molecule has 23 heavy (non-hydrogen) atoms. The summed E-state index contributed by atoms with van der Waals surface area (Å²) in [6.45, 7) is 4.52. The summed E-state index contributed by atoms with van der Waals surface area (Å²) in [6, 6.07) is 6.00. The molecule has 1 aromatic rings. The molecule has 1 aliphatic rings. The summed E-state index contributed by atoms with van der Waals surface area (Å²) >= 11 is 5.55. The van der Waals surface area contributed by atoms with Crippen LogP contribution < -0.4 is 15.4 Å². The summed E-state index contributed by atoms with van der Waals surface area (Å²) in [5.74, 6) is 3.03. The molecular weight excluding hydrogens is 489 g/mol. The largest absolute Gasteiger partial charge is 0.496 e. The number of guanidine groups is 1. The van der Waals surface area contributed by atoms with E-state index in [-0.39, 0.29) is 24.0 Å². The Morgan fingerprint density at radius 1 is 1.43 bits per heavy atom. The molecule has 7 heteroatoms. The Morgan fingerprint density at radius 3 is 2.91 bits per heavy atom. The number of nitrogens with zero attached hydrogens (tertiary/aromatic N) is 1. The second-order valence-corrected chi connectivity index (χ2v) is 7.49. The van der Waals surface area contributed by atoms with Crippen LogP contribution in [0.25, 0.3) is 0 Å². The Morgan fingerprint density at radius 2 is 2.26 bits per heavy atom. The van der Waals surface area contributed by atoms with Crippen LogP contribution in [0.2, 0.25) is 0 Å². The number of ether oxygens (including phenoxy) is 1. The van der Waals surface area contributed by atoms with E-state index in [0.29, 0.717) is 11.8 Å². The van der Waals surface area contributed by atoms with Crippen LogP contribution in [0.15, 0.2) is 27.7 Å². The first-order valence-electron chi connectivity index (χ1n) is 7.69. The van der Waals surface area contributed by atoms with E-state index in [4.69, 9.17) is 4.74 Å². The third-order valence-corrected chi connectivity index (χ3v) is 5.41. The number of benzene rings is 1. The van der Waals surface area contributed by atoms with Gasteiger partial charge < -0.3 is 15.4 Å². The Bertz CT molecular complexity index is 510. The summed E-state index contributed by atoms with van der Waals surface area (Å²) < 4.78 is 6.44. The van der Waals surface area contributed by atoms with Crippen molar-refractivity contribution in [2.24, 2.45) is 4.99 Å². The maximum atomic E-state index is 5.40. The molecule has 0 aliphatic carbocycles. The minimum absolute atomic E-state index is 0. The lowest BCUT2D eigenvalue weighted by molar-refractivity contribution is 0.409. The molecular formula is C16H25BrIN3OS. The topological polar surface area (TPSA) is 45.7 Å². The fraction of sp³-hybridized carbons (Fsp3) is 0.562. The van der Waals surface area contributed by atoms with E-state index in [9.17, 15) is 0 Å². The van der Waals surface area contributed by atoms with Crippen molar-refractivity contribution in [1.82, 2.24) is 10.6 Å². The van der Waals surface area contributed by atoms with Gasteiger partial charge in [0.25, 0.3) is 0 Å². The van der Waals surface area contributed by atoms with Crippen LogP contribution in [0.3, 0.4) is 0 Å². The van der Waals surface area contributed by atoms with Crippen molar-refractivity contribution < 1.29 is 4.74 Å². The average molecular weight is 514 g/mol. The van der Waals surface area contributed by atoms with Crippen molar-refractivity contribution in [3.8, 4) is 5.75 Å². The fourth-order valence-corrected chi connectivity index (χ4v) is 4.00. The zero-order chi connectivity index (χ0) is 15.8. The maximum Gasteiger partial charge on any atom is 0.191 e. The van der Waals surface area contributed by atoms with Crippen LogP contribution in [-0.2, 0) is 6.54 Å². The Labute approximate surface area is 168 Å². The molecule has 1 atom stereocenters. The lowest BCUT2D eigenvalue weighted by Crippen LogP contribution is -2.40. The van der Waals surface area contributed by atoms with Crippen molar-refractivity contribution in [2.45, 2.75) is 31.6 Å². The molecule has 0 amide bonds. The number of hydrogen-bond acceptors (Lipinski definition) is 3. The number of nitrogens with one attached hydrogen (secondary N) is 2. The summed E-state index contributed by atoms with van der Waals surface area (Å²) in [6.07, 6.45) is 2.64. The van der Waals surface area contributed by atoms with Crippen molar-refractivity contribution in [3.63, 3.8) is 0 Å². The zero-order valence-corrected chi connectivity index (χ0v) is 18.3. The maximum absolute atomic E-state index is 5.40. The molecule has 1 heterocycles. The van der Waals surface area contributed by atoms with E-state index >= 15 is 0 Å². The molecule has 1 unspecified atom stereocenters. The Balaban J connectivity index is 0.00000264. The monoisotopic (exact) mass is 513 g/mol. The first-order valence-corrected chi connectivity index (χ1v) is 9.53. The second kappa shape index (κ2) is 11.4. The van der Waals surface area contributed by atoms with Crippen molar-refractivity contribution in [3.05, 3.63) is 28.2 Å². The summed E-state index contributed by atoms with van der Waals surface area (Å²) in [5.41, 5.74) is 1.07. The highest BCUT2D eigenvalue weighted by molar-refractivity contribution is 14.0. The molecule has 4 nitrogen and oxygen atoms in total. The molecule has 0 aromatic heterocycles. The first kappa shape index (κ1) is 20.9. The van der Waals surface area contributed by atoms with Crippen molar-refractivity contribution >= 4 is 57.6 Å². The highest BCUT2D eigenvalue weighted by Gasteiger charge is 2.15. The zero-order valence-electron chi connectivity index (χ0n) is 13.6. The number of hydrogen-bond donors (Lipinski definition) is 2. The summed E-state index contributed by atoms with van der Waals surface area (Å²) in [5, 5.41) is 7.47. The fourth-order valence-electron chi connectivity index (χ4n) is 2.39. The molecule has 1 saturated heterocycles. The molecule has 0 radical (unpaired) electrons. The van der Waals surface area contributed by atoms with Gasteiger partial charge in [0, 0.05) is 28.4 Å². The molecule has 0 spiro atoms. The van der Waals surface area contributed by atoms with E-state index < -0.39 is 0 Å². The third kappa shape index (κ3) is 7.09. The van der Waals surface area contributed by atoms with Gasteiger partial charge >= 0.3 is 0 Å². The van der Waals surface area contributed by atoms with Crippen LogP contribution in [0.1, 0.15) is 25.3 Å². The van der Waals surface area contributed by atoms with Gasteiger partial charge in [0.15, 0.2) is 5.96 Å². The minimum Gasteiger partial charge on any atom is -0.496 e. The van der Waals surface area contributed by atoms with Crippen LogP contribution in [0.4, 0.5) is 0 Å². The number of halogens is 2. The number of aliphatic imine (C=N–C) groups is 1. The second-order valence-electron chi connectivity index (χ2n) is 5.17. The normalized spacial score (nSPS) is 17.5. The van der Waals surface area contributed by atoms with Crippen molar-refractivity contribution in [2.75, 3.05) is 26.0 Å². The highest BCUT2D eigenvalue weighted by Crippen LogP contribution is 2.25. The predicted octanol–water partition coefficient (Wildman–Crippen LogP) is 4.03. The molecule has 130 valence electrons. The van der Waals surface area contributed by atoms with Gasteiger partial charge in [-0.15, -0.1) is 24.0 Å². The van der Waals surface area contributed by atoms with Gasteiger partial charge in [-0.25, -0.2) is 4.99 Å². The van der Waals surface area contributed by atoms with Crippen LogP contribution >= 0.6 is 51.7 Å². The number of thioether (sulfide) groups is 1. The van der Waals surface area contributed by atoms with Gasteiger partial charge in [0.05, 0.1) is 13.7 Å². The molecule has 0 saturated carbocycles. The van der Waals surface area contributed by atoms with Crippen LogP contribution in [0.5, 0.6) is 5.75 Å². The standard InChI is InChI=1S/C16H24BrN3OS.HI/c1-3-18-16(20-11-14-5-4-8-22-14)19-10-12-9-13(17)6-7-15(12)21-2;/h6-7,9,14H,3-5,8,10-11H2,1-2H3,(H2,18,19,20);1H. The van der Waals surface area contributed by atoms with Crippen LogP contribution in [-0.4, -0.2) is 37.2 Å². The highest BCUT2D eigenvalue weighted by atomic mass is 127. The van der Waals surface area contributed by atoms with E-state index in [1.54, 1.807) is 7.11 Å². The third-order valence-electron chi connectivity index (χ3n) is 3.52. The molecule has 1 aromatic carbocycles. The lowest BCUT2D eigenvalue weighted by atomic mass is 10.2. The van der Waals surface area contributed by atoms with Gasteiger partial charge in [-0.2, -0.15) is 11.8 Å². The molecule has 0 bridgehead atoms. The minimum atomic E-state index is 0. The van der Waals surface area contributed by atoms with Gasteiger partial charge in [0.1, 0.15) is 5.75 Å². The SMILES string of the molecule is CCNC(=NCc1cc(Br)ccc1OC)NCC1CCCS1.I. The first-order chi connectivity index (χ1) is 10.7. The van der Waals surface area contributed by atoms with E-state index in [2.05, 4.69) is 56.3 Å². The summed E-state index contributed by atoms with van der Waals surface area (Å²) in [4.78, 5) is 4.68. The lowest BCUT2D eigenvalue weighted by Gasteiger charge is -2.15. The van der Waals surface area contributed by atoms with Gasteiger partial charge in [0.2, 0.25) is 0 Å². The van der Waals surface area contributed by atoms with E-state index in [0.717, 1.165) is 34.8 Å².